The summed E-state index contributed by atoms with van der Waals surface area (Å²) in [7, 11) is 0. The molecule has 0 amide bonds. The molecule has 0 spiro atoms. The number of nitrogens with zero attached hydrogens (tertiary/aromatic N) is 1. The number of carboxylic acids is 1. The van der Waals surface area contributed by atoms with E-state index < -0.39 is 11.4 Å². The van der Waals surface area contributed by atoms with Gasteiger partial charge in [-0.2, -0.15) is 5.26 Å². The number of carbonyl (C=O) groups is 1. The molecule has 0 radical (unpaired) electrons. The minimum atomic E-state index is -0.785. The minimum absolute atomic E-state index is 0.143. The van der Waals surface area contributed by atoms with Crippen molar-refractivity contribution in [3.05, 3.63) is 28.8 Å². The van der Waals surface area contributed by atoms with Crippen molar-refractivity contribution in [2.75, 3.05) is 5.32 Å². The molecule has 2 atom stereocenters. The van der Waals surface area contributed by atoms with Crippen LogP contribution in [0.3, 0.4) is 0 Å². The van der Waals surface area contributed by atoms with Crippen molar-refractivity contribution >= 4 is 23.3 Å². The van der Waals surface area contributed by atoms with Crippen LogP contribution in [0, 0.1) is 16.7 Å². The molecule has 0 saturated heterocycles. The first-order chi connectivity index (χ1) is 8.97. The fourth-order valence-electron chi connectivity index (χ4n) is 2.54. The van der Waals surface area contributed by atoms with E-state index in [0.29, 0.717) is 22.7 Å². The molecule has 0 aliphatic heterocycles. The van der Waals surface area contributed by atoms with Crippen LogP contribution in [0.5, 0.6) is 0 Å². The number of halogens is 1. The lowest BCUT2D eigenvalue weighted by atomic mass is 9.85. The van der Waals surface area contributed by atoms with Gasteiger partial charge in [-0.05, 0) is 38.0 Å². The number of hydrogen-bond acceptors (Lipinski definition) is 3. The molecular weight excluding hydrogens is 264 g/mol. The first kappa shape index (κ1) is 13.7. The summed E-state index contributed by atoms with van der Waals surface area (Å²) in [4.78, 5) is 11.4. The summed E-state index contributed by atoms with van der Waals surface area (Å²) in [5.41, 5.74) is 0.403. The van der Waals surface area contributed by atoms with Crippen LogP contribution in [0.1, 0.15) is 31.7 Å². The highest BCUT2D eigenvalue weighted by Crippen LogP contribution is 2.40. The molecule has 1 aromatic carbocycles. The lowest BCUT2D eigenvalue weighted by Gasteiger charge is -2.28. The smallest absolute Gasteiger partial charge is 0.311 e. The predicted octanol–water partition coefficient (Wildman–Crippen LogP) is 3.27. The Hall–Kier alpha value is -1.73. The van der Waals surface area contributed by atoms with Gasteiger partial charge in [0, 0.05) is 6.04 Å². The summed E-state index contributed by atoms with van der Waals surface area (Å²) in [6.07, 6.45) is 2.35. The summed E-state index contributed by atoms with van der Waals surface area (Å²) in [5.74, 6) is -0.785. The number of hydrogen-bond donors (Lipinski definition) is 2. The first-order valence-electron chi connectivity index (χ1n) is 6.17. The number of nitrogens with one attached hydrogen (secondary N) is 1. The Morgan fingerprint density at radius 3 is 2.95 bits per heavy atom. The third kappa shape index (κ3) is 2.52. The van der Waals surface area contributed by atoms with Crippen LogP contribution in [-0.4, -0.2) is 17.1 Å². The normalized spacial score (nSPS) is 25.8. The second kappa shape index (κ2) is 5.10. The molecule has 0 heterocycles. The summed E-state index contributed by atoms with van der Waals surface area (Å²) in [5, 5.41) is 21.8. The number of benzene rings is 1. The zero-order valence-corrected chi connectivity index (χ0v) is 11.4. The summed E-state index contributed by atoms with van der Waals surface area (Å²) in [6, 6.07) is 6.85. The van der Waals surface area contributed by atoms with Gasteiger partial charge in [-0.3, -0.25) is 4.79 Å². The van der Waals surface area contributed by atoms with Gasteiger partial charge in [0.2, 0.25) is 0 Å². The molecule has 1 aliphatic carbocycles. The van der Waals surface area contributed by atoms with E-state index in [1.807, 2.05) is 6.07 Å². The van der Waals surface area contributed by atoms with Gasteiger partial charge in [0.1, 0.15) is 0 Å². The summed E-state index contributed by atoms with van der Waals surface area (Å²) < 4.78 is 0. The molecule has 100 valence electrons. The van der Waals surface area contributed by atoms with Gasteiger partial charge >= 0.3 is 5.97 Å². The molecular formula is C14H15ClN2O2. The average molecular weight is 279 g/mol. The van der Waals surface area contributed by atoms with Gasteiger partial charge < -0.3 is 10.4 Å². The predicted molar refractivity (Wildman–Crippen MR) is 73.2 cm³/mol. The van der Waals surface area contributed by atoms with Crippen molar-refractivity contribution in [3.63, 3.8) is 0 Å². The molecule has 5 heteroatoms. The molecule has 0 aromatic heterocycles. The van der Waals surface area contributed by atoms with Crippen molar-refractivity contribution < 1.29 is 9.90 Å². The zero-order chi connectivity index (χ0) is 14.0. The lowest BCUT2D eigenvalue weighted by Crippen LogP contribution is -2.40. The molecule has 1 aromatic rings. The largest absolute Gasteiger partial charge is 0.481 e. The molecule has 1 aliphatic rings. The van der Waals surface area contributed by atoms with Crippen LogP contribution in [-0.2, 0) is 4.79 Å². The monoisotopic (exact) mass is 278 g/mol. The van der Waals surface area contributed by atoms with Gasteiger partial charge in [0.05, 0.1) is 27.8 Å². The second-order valence-corrected chi connectivity index (χ2v) is 5.53. The van der Waals surface area contributed by atoms with Gasteiger partial charge in [-0.25, -0.2) is 0 Å². The third-order valence-corrected chi connectivity index (χ3v) is 4.19. The Bertz CT molecular complexity index is 553. The minimum Gasteiger partial charge on any atom is -0.481 e. The topological polar surface area (TPSA) is 73.1 Å². The number of carboxylic acid groups (broad SMARTS) is 1. The second-order valence-electron chi connectivity index (χ2n) is 5.12. The highest BCUT2D eigenvalue weighted by atomic mass is 35.5. The molecule has 1 fully saturated rings. The van der Waals surface area contributed by atoms with Gasteiger partial charge in [0.15, 0.2) is 0 Å². The Morgan fingerprint density at radius 2 is 2.37 bits per heavy atom. The van der Waals surface area contributed by atoms with Gasteiger partial charge in [0.25, 0.3) is 0 Å². The molecule has 2 unspecified atom stereocenters. The maximum Gasteiger partial charge on any atom is 0.311 e. The Morgan fingerprint density at radius 1 is 1.63 bits per heavy atom. The fourth-order valence-corrected chi connectivity index (χ4v) is 2.78. The summed E-state index contributed by atoms with van der Waals surface area (Å²) >= 11 is 6.10. The quantitative estimate of drug-likeness (QED) is 0.890. The van der Waals surface area contributed by atoms with E-state index in [1.165, 1.54) is 0 Å². The van der Waals surface area contributed by atoms with Crippen LogP contribution in [0.15, 0.2) is 18.2 Å². The van der Waals surface area contributed by atoms with Crippen LogP contribution >= 0.6 is 11.6 Å². The van der Waals surface area contributed by atoms with Crippen molar-refractivity contribution in [1.82, 2.24) is 0 Å². The van der Waals surface area contributed by atoms with E-state index in [-0.39, 0.29) is 6.04 Å². The average Bonchev–Trinajstić information content (AvgIpc) is 2.75. The maximum absolute atomic E-state index is 11.4. The SMILES string of the molecule is CC1(C(=O)O)CCCC1Nc1ccc(C#N)cc1Cl. The number of nitriles is 1. The highest BCUT2D eigenvalue weighted by Gasteiger charge is 2.45. The van der Waals surface area contributed by atoms with Crippen molar-refractivity contribution in [2.45, 2.75) is 32.2 Å². The first-order valence-corrected chi connectivity index (χ1v) is 6.55. The fraction of sp³-hybridized carbons (Fsp3) is 0.429. The van der Waals surface area contributed by atoms with Crippen LogP contribution in [0.4, 0.5) is 5.69 Å². The number of rotatable bonds is 3. The van der Waals surface area contributed by atoms with Crippen LogP contribution < -0.4 is 5.32 Å². The molecule has 2 N–H and O–H groups in total. The Labute approximate surface area is 117 Å². The van der Waals surface area contributed by atoms with E-state index in [2.05, 4.69) is 5.32 Å². The molecule has 1 saturated carbocycles. The third-order valence-electron chi connectivity index (χ3n) is 3.87. The van der Waals surface area contributed by atoms with Crippen molar-refractivity contribution in [3.8, 4) is 6.07 Å². The van der Waals surface area contributed by atoms with E-state index in [4.69, 9.17) is 16.9 Å². The summed E-state index contributed by atoms with van der Waals surface area (Å²) in [6.45, 7) is 1.76. The molecule has 19 heavy (non-hydrogen) atoms. The van der Waals surface area contributed by atoms with E-state index in [0.717, 1.165) is 12.8 Å². The van der Waals surface area contributed by atoms with E-state index in [1.54, 1.807) is 25.1 Å². The zero-order valence-electron chi connectivity index (χ0n) is 10.6. The lowest BCUT2D eigenvalue weighted by molar-refractivity contribution is -0.147. The maximum atomic E-state index is 11.4. The van der Waals surface area contributed by atoms with Gasteiger partial charge in [-0.15, -0.1) is 0 Å². The van der Waals surface area contributed by atoms with Crippen molar-refractivity contribution in [2.24, 2.45) is 5.41 Å². The number of anilines is 1. The highest BCUT2D eigenvalue weighted by molar-refractivity contribution is 6.33. The molecule has 2 rings (SSSR count). The molecule has 0 bridgehead atoms. The number of aliphatic carboxylic acids is 1. The van der Waals surface area contributed by atoms with Crippen LogP contribution in [0.2, 0.25) is 5.02 Å². The van der Waals surface area contributed by atoms with Crippen molar-refractivity contribution in [1.29, 1.82) is 5.26 Å². The Balaban J connectivity index is 2.22. The van der Waals surface area contributed by atoms with E-state index in [9.17, 15) is 9.90 Å². The standard InChI is InChI=1S/C14H15ClN2O2/c1-14(13(18)19)6-2-3-12(14)17-11-5-4-9(8-16)7-10(11)15/h4-5,7,12,17H,2-3,6H2,1H3,(H,18,19). The Kier molecular flexibility index (Phi) is 3.68. The molecule has 4 nitrogen and oxygen atoms in total. The van der Waals surface area contributed by atoms with E-state index >= 15 is 0 Å². The van der Waals surface area contributed by atoms with Crippen LogP contribution in [0.25, 0.3) is 0 Å². The van der Waals surface area contributed by atoms with Gasteiger partial charge in [-0.1, -0.05) is 18.0 Å².